The van der Waals surface area contributed by atoms with Gasteiger partial charge in [0.2, 0.25) is 11.1 Å². The van der Waals surface area contributed by atoms with E-state index in [1.54, 1.807) is 19.1 Å². The molecule has 0 unspecified atom stereocenters. The number of carbonyl (C=O) groups excluding carboxylic acids is 1. The van der Waals surface area contributed by atoms with Crippen LogP contribution in [0, 0.1) is 5.82 Å². The predicted molar refractivity (Wildman–Crippen MR) is 115 cm³/mol. The number of amides is 1. The minimum Gasteiger partial charge on any atom is -0.335 e. The van der Waals surface area contributed by atoms with E-state index in [0.29, 0.717) is 11.0 Å². The number of nitrogens with zero attached hydrogens (tertiary/aromatic N) is 3. The first-order chi connectivity index (χ1) is 13.7. The number of thioether (sulfide) groups is 1. The molecule has 3 aromatic rings. The lowest BCUT2D eigenvalue weighted by atomic mass is 9.87. The molecule has 0 fully saturated rings. The summed E-state index contributed by atoms with van der Waals surface area (Å²) in [6.45, 7) is 8.15. The maximum absolute atomic E-state index is 13.7. The van der Waals surface area contributed by atoms with Gasteiger partial charge in [-0.25, -0.2) is 9.07 Å². The van der Waals surface area contributed by atoms with E-state index in [9.17, 15) is 9.18 Å². The quantitative estimate of drug-likeness (QED) is 0.483. The SMILES string of the molecule is C[C@@H](Sc1nnc(-c2ccc(C(C)(C)C)cc2)n1N)C(=O)Nc1ccccc1F. The summed E-state index contributed by atoms with van der Waals surface area (Å²) in [4.78, 5) is 12.4. The Kier molecular flexibility index (Phi) is 5.93. The molecule has 152 valence electrons. The molecule has 3 N–H and O–H groups in total. The maximum Gasteiger partial charge on any atom is 0.237 e. The Balaban J connectivity index is 1.72. The van der Waals surface area contributed by atoms with Crippen molar-refractivity contribution in [3.63, 3.8) is 0 Å². The number of halogens is 1. The van der Waals surface area contributed by atoms with E-state index in [2.05, 4.69) is 36.3 Å². The third-order valence-corrected chi connectivity index (χ3v) is 5.51. The molecule has 0 spiro atoms. The molecule has 6 nitrogen and oxygen atoms in total. The molecule has 0 saturated heterocycles. The van der Waals surface area contributed by atoms with Gasteiger partial charge in [-0.1, -0.05) is 68.9 Å². The lowest BCUT2D eigenvalue weighted by Crippen LogP contribution is -2.24. The first kappa shape index (κ1) is 20.9. The van der Waals surface area contributed by atoms with Crippen molar-refractivity contribution in [2.24, 2.45) is 0 Å². The van der Waals surface area contributed by atoms with Crippen molar-refractivity contribution in [2.75, 3.05) is 11.2 Å². The molecule has 1 aromatic heterocycles. The number of nitrogen functional groups attached to an aromatic ring is 1. The van der Waals surface area contributed by atoms with Gasteiger partial charge in [0.1, 0.15) is 5.82 Å². The van der Waals surface area contributed by atoms with Crippen LogP contribution in [0.25, 0.3) is 11.4 Å². The lowest BCUT2D eigenvalue weighted by Gasteiger charge is -2.19. The van der Waals surface area contributed by atoms with Crippen molar-refractivity contribution < 1.29 is 9.18 Å². The zero-order valence-corrected chi connectivity index (χ0v) is 17.6. The van der Waals surface area contributed by atoms with Gasteiger partial charge in [-0.05, 0) is 30.0 Å². The maximum atomic E-state index is 13.7. The number of benzene rings is 2. The summed E-state index contributed by atoms with van der Waals surface area (Å²) in [6.07, 6.45) is 0. The highest BCUT2D eigenvalue weighted by molar-refractivity contribution is 8.00. The number of carbonyl (C=O) groups is 1. The Bertz CT molecular complexity index is 1010. The Morgan fingerprint density at radius 3 is 2.41 bits per heavy atom. The molecule has 1 atom stereocenters. The summed E-state index contributed by atoms with van der Waals surface area (Å²) >= 11 is 1.16. The molecular formula is C21H24FN5OS. The van der Waals surface area contributed by atoms with Crippen LogP contribution in [0.4, 0.5) is 10.1 Å². The van der Waals surface area contributed by atoms with Gasteiger partial charge < -0.3 is 11.2 Å². The highest BCUT2D eigenvalue weighted by Gasteiger charge is 2.21. The van der Waals surface area contributed by atoms with Crippen molar-refractivity contribution in [2.45, 2.75) is 43.5 Å². The van der Waals surface area contributed by atoms with Crippen LogP contribution >= 0.6 is 11.8 Å². The number of nitrogens with two attached hydrogens (primary N) is 1. The van der Waals surface area contributed by atoms with Crippen LogP contribution in [-0.2, 0) is 10.2 Å². The molecule has 1 heterocycles. The lowest BCUT2D eigenvalue weighted by molar-refractivity contribution is -0.115. The molecule has 29 heavy (non-hydrogen) atoms. The summed E-state index contributed by atoms with van der Waals surface area (Å²) in [5, 5.41) is 10.7. The summed E-state index contributed by atoms with van der Waals surface area (Å²) < 4.78 is 15.1. The van der Waals surface area contributed by atoms with Crippen molar-refractivity contribution >= 4 is 23.4 Å². The fraction of sp³-hybridized carbons (Fsp3) is 0.286. The molecule has 2 aromatic carbocycles. The van der Waals surface area contributed by atoms with E-state index in [0.717, 1.165) is 17.3 Å². The van der Waals surface area contributed by atoms with Gasteiger partial charge in [0, 0.05) is 5.56 Å². The minimum absolute atomic E-state index is 0.0525. The van der Waals surface area contributed by atoms with E-state index in [4.69, 9.17) is 5.84 Å². The highest BCUT2D eigenvalue weighted by atomic mass is 32.2. The van der Waals surface area contributed by atoms with E-state index in [1.807, 2.05) is 24.3 Å². The van der Waals surface area contributed by atoms with Gasteiger partial charge in [-0.15, -0.1) is 10.2 Å². The van der Waals surface area contributed by atoms with Crippen LogP contribution in [-0.4, -0.2) is 26.0 Å². The zero-order valence-electron chi connectivity index (χ0n) is 16.8. The monoisotopic (exact) mass is 413 g/mol. The topological polar surface area (TPSA) is 85.8 Å². The van der Waals surface area contributed by atoms with Crippen LogP contribution in [0.1, 0.15) is 33.3 Å². The normalized spacial score (nSPS) is 12.6. The molecule has 0 aliphatic carbocycles. The number of aromatic nitrogens is 3. The Labute approximate surface area is 173 Å². The van der Waals surface area contributed by atoms with Gasteiger partial charge in [0.25, 0.3) is 0 Å². The molecule has 8 heteroatoms. The molecule has 1 amide bonds. The molecule has 0 aliphatic rings. The fourth-order valence-corrected chi connectivity index (χ4v) is 3.45. The second-order valence-corrected chi connectivity index (χ2v) is 9.04. The van der Waals surface area contributed by atoms with Gasteiger partial charge in [0.05, 0.1) is 10.9 Å². The van der Waals surface area contributed by atoms with Gasteiger partial charge in [0.15, 0.2) is 5.82 Å². The number of anilines is 1. The summed E-state index contributed by atoms with van der Waals surface area (Å²) in [6, 6.07) is 14.0. The van der Waals surface area contributed by atoms with Crippen molar-refractivity contribution in [1.29, 1.82) is 0 Å². The van der Waals surface area contributed by atoms with Crippen LogP contribution in [0.15, 0.2) is 53.7 Å². The van der Waals surface area contributed by atoms with Crippen LogP contribution in [0.5, 0.6) is 0 Å². The number of para-hydroxylation sites is 1. The van der Waals surface area contributed by atoms with Gasteiger partial charge in [-0.2, -0.15) is 0 Å². The minimum atomic E-state index is -0.544. The smallest absolute Gasteiger partial charge is 0.237 e. The molecule has 0 radical (unpaired) electrons. The van der Waals surface area contributed by atoms with Crippen molar-refractivity contribution in [3.8, 4) is 11.4 Å². The van der Waals surface area contributed by atoms with Gasteiger partial charge in [-0.3, -0.25) is 4.79 Å². The predicted octanol–water partition coefficient (Wildman–Crippen LogP) is 4.21. The first-order valence-electron chi connectivity index (χ1n) is 9.20. The number of nitrogens with one attached hydrogen (secondary N) is 1. The number of hydrogen-bond acceptors (Lipinski definition) is 5. The summed E-state index contributed by atoms with van der Waals surface area (Å²) in [5.41, 5.74) is 2.23. The third kappa shape index (κ3) is 4.76. The number of hydrogen-bond donors (Lipinski definition) is 2. The average Bonchev–Trinajstić information content (AvgIpc) is 3.03. The average molecular weight is 414 g/mol. The van der Waals surface area contributed by atoms with E-state index < -0.39 is 11.1 Å². The Morgan fingerprint density at radius 1 is 1.14 bits per heavy atom. The highest BCUT2D eigenvalue weighted by Crippen LogP contribution is 2.28. The van der Waals surface area contributed by atoms with Gasteiger partial charge >= 0.3 is 0 Å². The summed E-state index contributed by atoms with van der Waals surface area (Å²) in [7, 11) is 0. The molecule has 3 rings (SSSR count). The first-order valence-corrected chi connectivity index (χ1v) is 10.1. The molecule has 0 bridgehead atoms. The second kappa shape index (κ2) is 8.24. The van der Waals surface area contributed by atoms with E-state index >= 15 is 0 Å². The number of rotatable bonds is 5. The second-order valence-electron chi connectivity index (χ2n) is 7.73. The largest absolute Gasteiger partial charge is 0.335 e. The zero-order chi connectivity index (χ0) is 21.2. The fourth-order valence-electron chi connectivity index (χ4n) is 2.68. The van der Waals surface area contributed by atoms with E-state index in [1.165, 1.54) is 22.4 Å². The standard InChI is InChI=1S/C21H24FN5OS/c1-13(19(28)24-17-8-6-5-7-16(17)22)29-20-26-25-18(27(20)23)14-9-11-15(12-10-14)21(2,3)4/h5-13H,23H2,1-4H3,(H,24,28)/t13-/m1/s1. The van der Waals surface area contributed by atoms with Crippen molar-refractivity contribution in [3.05, 3.63) is 59.9 Å². The van der Waals surface area contributed by atoms with E-state index in [-0.39, 0.29) is 17.0 Å². The third-order valence-electron chi connectivity index (χ3n) is 4.46. The van der Waals surface area contributed by atoms with Crippen LogP contribution < -0.4 is 11.2 Å². The van der Waals surface area contributed by atoms with Crippen LogP contribution in [0.3, 0.4) is 0 Å². The molecule has 0 aliphatic heterocycles. The Morgan fingerprint density at radius 2 is 1.79 bits per heavy atom. The summed E-state index contributed by atoms with van der Waals surface area (Å²) in [5.74, 6) is 5.84. The van der Waals surface area contributed by atoms with Crippen LogP contribution in [0.2, 0.25) is 0 Å². The molecule has 0 saturated carbocycles. The molecular weight excluding hydrogens is 389 g/mol. The van der Waals surface area contributed by atoms with Crippen molar-refractivity contribution in [1.82, 2.24) is 14.9 Å². The Hall–Kier alpha value is -2.87.